The van der Waals surface area contributed by atoms with Crippen LogP contribution in [0, 0.1) is 0 Å². The molecular formula is C22H20N4O3S. The summed E-state index contributed by atoms with van der Waals surface area (Å²) in [4.78, 5) is 20.2. The summed E-state index contributed by atoms with van der Waals surface area (Å²) in [5, 5.41) is 2.77. The minimum Gasteiger partial charge on any atom is -0.345 e. The summed E-state index contributed by atoms with van der Waals surface area (Å²) in [5.74, 6) is 0.243. The summed E-state index contributed by atoms with van der Waals surface area (Å²) in [5.41, 5.74) is 2.50. The van der Waals surface area contributed by atoms with Crippen molar-refractivity contribution in [3.05, 3.63) is 90.3 Å². The van der Waals surface area contributed by atoms with Gasteiger partial charge in [-0.15, -0.1) is 0 Å². The first kappa shape index (κ1) is 19.7. The van der Waals surface area contributed by atoms with Gasteiger partial charge in [0.05, 0.1) is 28.2 Å². The highest BCUT2D eigenvalue weighted by Gasteiger charge is 2.22. The molecule has 30 heavy (non-hydrogen) atoms. The van der Waals surface area contributed by atoms with Crippen LogP contribution < -0.4 is 9.62 Å². The second kappa shape index (κ2) is 8.00. The van der Waals surface area contributed by atoms with Gasteiger partial charge in [-0.25, -0.2) is 13.4 Å². The Morgan fingerprint density at radius 1 is 1.00 bits per heavy atom. The maximum Gasteiger partial charge on any atom is 0.264 e. The molecule has 4 aromatic rings. The van der Waals surface area contributed by atoms with Crippen molar-refractivity contribution in [2.75, 3.05) is 11.4 Å². The lowest BCUT2D eigenvalue weighted by molar-refractivity contribution is 0.0949. The van der Waals surface area contributed by atoms with Crippen molar-refractivity contribution in [1.29, 1.82) is 0 Å². The predicted molar refractivity (Wildman–Crippen MR) is 116 cm³/mol. The lowest BCUT2D eigenvalue weighted by atomic mass is 10.2. The minimum atomic E-state index is -3.80. The molecule has 4 rings (SSSR count). The van der Waals surface area contributed by atoms with Crippen LogP contribution in [0.4, 0.5) is 5.69 Å². The third kappa shape index (κ3) is 3.90. The fourth-order valence-corrected chi connectivity index (χ4v) is 4.33. The number of H-pyrrole nitrogens is 1. The molecule has 0 aliphatic rings. The highest BCUT2D eigenvalue weighted by molar-refractivity contribution is 7.92. The zero-order chi connectivity index (χ0) is 21.1. The van der Waals surface area contributed by atoms with E-state index in [-0.39, 0.29) is 22.9 Å². The van der Waals surface area contributed by atoms with Gasteiger partial charge in [-0.2, -0.15) is 0 Å². The van der Waals surface area contributed by atoms with Crippen LogP contribution in [0.15, 0.2) is 83.8 Å². The molecular weight excluding hydrogens is 400 g/mol. The summed E-state index contributed by atoms with van der Waals surface area (Å²) in [6, 6.07) is 22.3. The number of aromatic nitrogens is 2. The maximum atomic E-state index is 13.0. The second-order valence-electron chi connectivity index (χ2n) is 6.72. The Balaban J connectivity index is 1.51. The van der Waals surface area contributed by atoms with Crippen LogP contribution in [0.3, 0.4) is 0 Å². The average Bonchev–Trinajstić information content (AvgIpc) is 3.20. The Kier molecular flexibility index (Phi) is 5.24. The van der Waals surface area contributed by atoms with Gasteiger partial charge in [0, 0.05) is 12.6 Å². The highest BCUT2D eigenvalue weighted by atomic mass is 32.2. The quantitative estimate of drug-likeness (QED) is 0.500. The first-order chi connectivity index (χ1) is 14.4. The molecule has 0 unspecified atom stereocenters. The van der Waals surface area contributed by atoms with Gasteiger partial charge in [-0.05, 0) is 42.5 Å². The first-order valence-electron chi connectivity index (χ1n) is 9.31. The number of carbonyl (C=O) groups excluding carboxylic acids is 1. The van der Waals surface area contributed by atoms with Crippen molar-refractivity contribution in [3.8, 4) is 0 Å². The van der Waals surface area contributed by atoms with Crippen LogP contribution in [-0.4, -0.2) is 31.3 Å². The largest absolute Gasteiger partial charge is 0.345 e. The molecule has 2 N–H and O–H groups in total. The number of rotatable bonds is 6. The molecule has 0 radical (unpaired) electrons. The number of nitrogens with zero attached hydrogens (tertiary/aromatic N) is 2. The summed E-state index contributed by atoms with van der Waals surface area (Å²) < 4.78 is 27.1. The van der Waals surface area contributed by atoms with Gasteiger partial charge in [0.15, 0.2) is 0 Å². The van der Waals surface area contributed by atoms with Crippen LogP contribution >= 0.6 is 0 Å². The van der Waals surface area contributed by atoms with E-state index in [4.69, 9.17) is 0 Å². The van der Waals surface area contributed by atoms with Gasteiger partial charge in [0.2, 0.25) is 0 Å². The van der Waals surface area contributed by atoms with Crippen LogP contribution in [0.1, 0.15) is 16.2 Å². The van der Waals surface area contributed by atoms with Gasteiger partial charge in [0.1, 0.15) is 5.82 Å². The third-order valence-corrected chi connectivity index (χ3v) is 6.51. The van der Waals surface area contributed by atoms with Crippen molar-refractivity contribution in [2.24, 2.45) is 0 Å². The average molecular weight is 420 g/mol. The van der Waals surface area contributed by atoms with E-state index < -0.39 is 10.0 Å². The predicted octanol–water partition coefficient (Wildman–Crippen LogP) is 3.32. The molecule has 0 fully saturated rings. The number of nitrogens with one attached hydrogen (secondary N) is 2. The maximum absolute atomic E-state index is 13.0. The number of amides is 1. The van der Waals surface area contributed by atoms with Gasteiger partial charge >= 0.3 is 0 Å². The fourth-order valence-electron chi connectivity index (χ4n) is 3.09. The Bertz CT molecular complexity index is 1270. The molecule has 0 aliphatic heterocycles. The van der Waals surface area contributed by atoms with E-state index in [2.05, 4.69) is 15.3 Å². The number of hydrogen-bond acceptors (Lipinski definition) is 4. The number of hydrogen-bond donors (Lipinski definition) is 2. The zero-order valence-electron chi connectivity index (χ0n) is 16.2. The number of anilines is 1. The zero-order valence-corrected chi connectivity index (χ0v) is 17.1. The molecule has 0 spiro atoms. The van der Waals surface area contributed by atoms with Crippen LogP contribution in [0.25, 0.3) is 11.0 Å². The lowest BCUT2D eigenvalue weighted by Crippen LogP contribution is -2.27. The molecule has 1 aromatic heterocycles. The van der Waals surface area contributed by atoms with Gasteiger partial charge in [0.25, 0.3) is 15.9 Å². The first-order valence-corrected chi connectivity index (χ1v) is 10.7. The van der Waals surface area contributed by atoms with Gasteiger partial charge in [-0.1, -0.05) is 36.4 Å². The summed E-state index contributed by atoms with van der Waals surface area (Å²) >= 11 is 0. The Hall–Kier alpha value is -3.65. The van der Waals surface area contributed by atoms with E-state index >= 15 is 0 Å². The van der Waals surface area contributed by atoms with E-state index in [0.717, 1.165) is 11.0 Å². The summed E-state index contributed by atoms with van der Waals surface area (Å²) in [7, 11) is -2.31. The number of fused-ring (bicyclic) bond motifs is 1. The molecule has 0 saturated heterocycles. The normalized spacial score (nSPS) is 11.4. The molecule has 1 amide bonds. The van der Waals surface area contributed by atoms with Crippen molar-refractivity contribution in [2.45, 2.75) is 11.4 Å². The lowest BCUT2D eigenvalue weighted by Gasteiger charge is -2.19. The Morgan fingerprint density at radius 3 is 2.50 bits per heavy atom. The van der Waals surface area contributed by atoms with E-state index in [0.29, 0.717) is 11.5 Å². The molecule has 0 bridgehead atoms. The topological polar surface area (TPSA) is 95.2 Å². The number of aromatic amines is 1. The molecule has 0 saturated carbocycles. The molecule has 0 atom stereocenters. The monoisotopic (exact) mass is 420 g/mol. The van der Waals surface area contributed by atoms with E-state index in [9.17, 15) is 13.2 Å². The smallest absolute Gasteiger partial charge is 0.264 e. The SMILES string of the molecule is CN(c1ccccc1)S(=O)(=O)c1cccc(C(=O)NCc2nc3ccccc3[nH]2)c1. The molecule has 3 aromatic carbocycles. The van der Waals surface area contributed by atoms with Crippen LogP contribution in [0.5, 0.6) is 0 Å². The molecule has 8 heteroatoms. The van der Waals surface area contributed by atoms with E-state index in [1.165, 1.54) is 23.5 Å². The highest BCUT2D eigenvalue weighted by Crippen LogP contribution is 2.22. The number of para-hydroxylation sites is 3. The Morgan fingerprint density at radius 2 is 1.73 bits per heavy atom. The standard InChI is InChI=1S/C22H20N4O3S/c1-26(17-9-3-2-4-10-17)30(28,29)18-11-7-8-16(14-18)22(27)23-15-21-24-19-12-5-6-13-20(19)25-21/h2-14H,15H2,1H3,(H,23,27)(H,24,25). The van der Waals surface area contributed by atoms with Crippen molar-refractivity contribution >= 4 is 32.7 Å². The fraction of sp³-hybridized carbons (Fsp3) is 0.0909. The number of carbonyl (C=O) groups is 1. The van der Waals surface area contributed by atoms with Crippen LogP contribution in [0.2, 0.25) is 0 Å². The molecule has 152 valence electrons. The molecule has 0 aliphatic carbocycles. The minimum absolute atomic E-state index is 0.0465. The number of benzene rings is 3. The van der Waals surface area contributed by atoms with Crippen LogP contribution in [-0.2, 0) is 16.6 Å². The van der Waals surface area contributed by atoms with Crippen molar-refractivity contribution in [1.82, 2.24) is 15.3 Å². The summed E-state index contributed by atoms with van der Waals surface area (Å²) in [6.45, 7) is 0.203. The Labute approximate surface area is 174 Å². The van der Waals surface area contributed by atoms with Gasteiger partial charge < -0.3 is 10.3 Å². The van der Waals surface area contributed by atoms with E-state index in [1.807, 2.05) is 30.3 Å². The third-order valence-electron chi connectivity index (χ3n) is 4.73. The number of sulfonamides is 1. The molecule has 7 nitrogen and oxygen atoms in total. The van der Waals surface area contributed by atoms with Crippen molar-refractivity contribution in [3.63, 3.8) is 0 Å². The van der Waals surface area contributed by atoms with E-state index in [1.54, 1.807) is 36.4 Å². The van der Waals surface area contributed by atoms with Crippen molar-refractivity contribution < 1.29 is 13.2 Å². The molecule has 1 heterocycles. The summed E-state index contributed by atoms with van der Waals surface area (Å²) in [6.07, 6.45) is 0. The number of imidazole rings is 1. The second-order valence-corrected chi connectivity index (χ2v) is 8.69. The van der Waals surface area contributed by atoms with Gasteiger partial charge in [-0.3, -0.25) is 9.10 Å².